The number of aliphatic carboxylic acids is 1. The molecular weight excluding hydrogens is 326 g/mol. The van der Waals surface area contributed by atoms with Crippen LogP contribution in [0.25, 0.3) is 0 Å². The van der Waals surface area contributed by atoms with Crippen molar-refractivity contribution < 1.29 is 14.7 Å². The van der Waals surface area contributed by atoms with Crippen LogP contribution in [0.4, 0.5) is 0 Å². The number of amides is 1. The van der Waals surface area contributed by atoms with E-state index in [0.717, 1.165) is 16.7 Å². The van der Waals surface area contributed by atoms with E-state index >= 15 is 0 Å². The van der Waals surface area contributed by atoms with Gasteiger partial charge in [0.25, 0.3) is 0 Å². The predicted molar refractivity (Wildman–Crippen MR) is 94.2 cm³/mol. The van der Waals surface area contributed by atoms with Gasteiger partial charge in [0.2, 0.25) is 5.91 Å². The molecule has 0 aliphatic carbocycles. The van der Waals surface area contributed by atoms with Crippen LogP contribution in [0.15, 0.2) is 48.5 Å². The Labute approximate surface area is 146 Å². The molecule has 24 heavy (non-hydrogen) atoms. The molecule has 0 radical (unpaired) electrons. The summed E-state index contributed by atoms with van der Waals surface area (Å²) >= 11 is 5.85. The van der Waals surface area contributed by atoms with Crippen molar-refractivity contribution in [2.24, 2.45) is 0 Å². The Kier molecular flexibility index (Phi) is 6.38. The number of rotatable bonds is 7. The highest BCUT2D eigenvalue weighted by Crippen LogP contribution is 2.12. The van der Waals surface area contributed by atoms with Gasteiger partial charge in [-0.2, -0.15) is 0 Å². The highest BCUT2D eigenvalue weighted by molar-refractivity contribution is 6.30. The molecule has 0 spiro atoms. The number of hydrogen-bond donors (Lipinski definition) is 2. The average molecular weight is 346 g/mol. The summed E-state index contributed by atoms with van der Waals surface area (Å²) in [4.78, 5) is 23.3. The average Bonchev–Trinajstić information content (AvgIpc) is 2.51. The second-order valence-corrected chi connectivity index (χ2v) is 6.29. The van der Waals surface area contributed by atoms with Crippen molar-refractivity contribution >= 4 is 23.5 Å². The Morgan fingerprint density at radius 1 is 1.04 bits per heavy atom. The summed E-state index contributed by atoms with van der Waals surface area (Å²) in [5.74, 6) is -1.12. The minimum atomic E-state index is -0.940. The van der Waals surface area contributed by atoms with Gasteiger partial charge in [0.1, 0.15) is 0 Å². The second kappa shape index (κ2) is 8.50. The van der Waals surface area contributed by atoms with Crippen molar-refractivity contribution in [2.45, 2.75) is 32.2 Å². The lowest BCUT2D eigenvalue weighted by Gasteiger charge is -2.17. The molecular formula is C19H20ClNO3. The van der Waals surface area contributed by atoms with Crippen LogP contribution in [0.2, 0.25) is 5.02 Å². The molecule has 0 heterocycles. The van der Waals surface area contributed by atoms with Gasteiger partial charge in [0.15, 0.2) is 0 Å². The molecule has 2 aromatic rings. The van der Waals surface area contributed by atoms with Gasteiger partial charge in [0, 0.05) is 11.1 Å². The van der Waals surface area contributed by atoms with Gasteiger partial charge < -0.3 is 10.4 Å². The third kappa shape index (κ3) is 6.05. The van der Waals surface area contributed by atoms with Crippen LogP contribution < -0.4 is 5.32 Å². The smallest absolute Gasteiger partial charge is 0.305 e. The van der Waals surface area contributed by atoms with Crippen molar-refractivity contribution in [3.63, 3.8) is 0 Å². The van der Waals surface area contributed by atoms with Gasteiger partial charge in [-0.15, -0.1) is 0 Å². The number of carbonyl (C=O) groups is 2. The SMILES string of the molecule is Cc1ccc(CC(=O)NC(CC(=O)O)Cc2ccc(Cl)cc2)cc1. The monoisotopic (exact) mass is 345 g/mol. The second-order valence-electron chi connectivity index (χ2n) is 5.86. The molecule has 2 N–H and O–H groups in total. The number of carboxylic acid groups (broad SMARTS) is 1. The van der Waals surface area contributed by atoms with Crippen LogP contribution in [0.1, 0.15) is 23.1 Å². The summed E-state index contributed by atoms with van der Waals surface area (Å²) in [6.07, 6.45) is 0.558. The van der Waals surface area contributed by atoms with E-state index in [2.05, 4.69) is 5.32 Å². The first kappa shape index (κ1) is 18.0. The molecule has 2 aromatic carbocycles. The van der Waals surface area contributed by atoms with E-state index in [1.54, 1.807) is 12.1 Å². The van der Waals surface area contributed by atoms with Gasteiger partial charge in [-0.05, 0) is 36.6 Å². The highest BCUT2D eigenvalue weighted by atomic mass is 35.5. The van der Waals surface area contributed by atoms with E-state index in [-0.39, 0.29) is 18.7 Å². The van der Waals surface area contributed by atoms with Gasteiger partial charge in [0.05, 0.1) is 12.8 Å². The molecule has 0 saturated carbocycles. The zero-order valence-electron chi connectivity index (χ0n) is 13.5. The molecule has 4 nitrogen and oxygen atoms in total. The zero-order chi connectivity index (χ0) is 17.5. The molecule has 0 bridgehead atoms. The molecule has 0 aliphatic heterocycles. The van der Waals surface area contributed by atoms with Crippen LogP contribution in [0.3, 0.4) is 0 Å². The fourth-order valence-corrected chi connectivity index (χ4v) is 2.59. The molecule has 0 aromatic heterocycles. The first-order valence-electron chi connectivity index (χ1n) is 7.73. The summed E-state index contributed by atoms with van der Waals surface area (Å²) in [5.41, 5.74) is 2.96. The first-order chi connectivity index (χ1) is 11.4. The fourth-order valence-electron chi connectivity index (χ4n) is 2.46. The Hall–Kier alpha value is -2.33. The summed E-state index contributed by atoms with van der Waals surface area (Å²) in [6, 6.07) is 14.4. The van der Waals surface area contributed by atoms with Gasteiger partial charge in [-0.1, -0.05) is 53.6 Å². The largest absolute Gasteiger partial charge is 0.481 e. The number of carboxylic acids is 1. The Bertz CT molecular complexity index is 696. The standard InChI is InChI=1S/C19H20ClNO3/c1-13-2-4-15(5-3-13)11-18(22)21-17(12-19(23)24)10-14-6-8-16(20)9-7-14/h2-9,17H,10-12H2,1H3,(H,21,22)(H,23,24). The normalized spacial score (nSPS) is 11.8. The van der Waals surface area contributed by atoms with E-state index in [1.807, 2.05) is 43.3 Å². The Balaban J connectivity index is 1.99. The van der Waals surface area contributed by atoms with Crippen LogP contribution >= 0.6 is 11.6 Å². The molecule has 5 heteroatoms. The first-order valence-corrected chi connectivity index (χ1v) is 8.11. The van der Waals surface area contributed by atoms with E-state index in [4.69, 9.17) is 16.7 Å². The van der Waals surface area contributed by atoms with Gasteiger partial charge >= 0.3 is 5.97 Å². The number of hydrogen-bond acceptors (Lipinski definition) is 2. The topological polar surface area (TPSA) is 66.4 Å². The van der Waals surface area contributed by atoms with E-state index in [1.165, 1.54) is 0 Å². The van der Waals surface area contributed by atoms with Crippen LogP contribution in [0.5, 0.6) is 0 Å². The minimum absolute atomic E-state index is 0.123. The zero-order valence-corrected chi connectivity index (χ0v) is 14.2. The number of benzene rings is 2. The molecule has 0 fully saturated rings. The predicted octanol–water partition coefficient (Wildman–Crippen LogP) is 3.39. The van der Waals surface area contributed by atoms with E-state index < -0.39 is 12.0 Å². The number of nitrogens with one attached hydrogen (secondary N) is 1. The summed E-state index contributed by atoms with van der Waals surface area (Å²) in [6.45, 7) is 1.98. The van der Waals surface area contributed by atoms with E-state index in [9.17, 15) is 9.59 Å². The van der Waals surface area contributed by atoms with E-state index in [0.29, 0.717) is 11.4 Å². The van der Waals surface area contributed by atoms with Crippen molar-refractivity contribution in [2.75, 3.05) is 0 Å². The maximum atomic E-state index is 12.2. The summed E-state index contributed by atoms with van der Waals surface area (Å²) in [5, 5.41) is 12.5. The molecule has 126 valence electrons. The quantitative estimate of drug-likeness (QED) is 0.808. The highest BCUT2D eigenvalue weighted by Gasteiger charge is 2.17. The third-order valence-corrected chi connectivity index (χ3v) is 3.92. The maximum absolute atomic E-state index is 12.2. The summed E-state index contributed by atoms with van der Waals surface area (Å²) < 4.78 is 0. The van der Waals surface area contributed by atoms with Crippen molar-refractivity contribution in [3.8, 4) is 0 Å². The number of halogens is 1. The lowest BCUT2D eigenvalue weighted by Crippen LogP contribution is -2.38. The van der Waals surface area contributed by atoms with Gasteiger partial charge in [-0.25, -0.2) is 0 Å². The molecule has 0 saturated heterocycles. The van der Waals surface area contributed by atoms with Crippen molar-refractivity contribution in [3.05, 3.63) is 70.2 Å². The Morgan fingerprint density at radius 3 is 2.21 bits per heavy atom. The molecule has 1 atom stereocenters. The van der Waals surface area contributed by atoms with Crippen LogP contribution in [-0.4, -0.2) is 23.0 Å². The number of aryl methyl sites for hydroxylation is 1. The Morgan fingerprint density at radius 2 is 1.62 bits per heavy atom. The van der Waals surface area contributed by atoms with Gasteiger partial charge in [-0.3, -0.25) is 9.59 Å². The summed E-state index contributed by atoms with van der Waals surface area (Å²) in [7, 11) is 0. The molecule has 1 unspecified atom stereocenters. The maximum Gasteiger partial charge on any atom is 0.305 e. The fraction of sp³-hybridized carbons (Fsp3) is 0.263. The minimum Gasteiger partial charge on any atom is -0.481 e. The molecule has 0 aliphatic rings. The molecule has 1 amide bonds. The van der Waals surface area contributed by atoms with Crippen LogP contribution in [-0.2, 0) is 22.4 Å². The molecule has 2 rings (SSSR count). The van der Waals surface area contributed by atoms with Crippen LogP contribution in [0, 0.1) is 6.92 Å². The third-order valence-electron chi connectivity index (χ3n) is 3.67. The van der Waals surface area contributed by atoms with Crippen molar-refractivity contribution in [1.82, 2.24) is 5.32 Å². The number of carbonyl (C=O) groups excluding carboxylic acids is 1. The van der Waals surface area contributed by atoms with Crippen molar-refractivity contribution in [1.29, 1.82) is 0 Å². The lowest BCUT2D eigenvalue weighted by molar-refractivity contribution is -0.137. The lowest BCUT2D eigenvalue weighted by atomic mass is 10.0.